The minimum Gasteiger partial charge on any atom is -0.450 e. The van der Waals surface area contributed by atoms with Crippen LogP contribution in [0.3, 0.4) is 0 Å². The lowest BCUT2D eigenvalue weighted by Crippen LogP contribution is -2.16. The average molecular weight is 634 g/mol. The van der Waals surface area contributed by atoms with E-state index in [1.54, 1.807) is 18.3 Å². The molecule has 0 unspecified atom stereocenters. The predicted octanol–water partition coefficient (Wildman–Crippen LogP) is 8.34. The van der Waals surface area contributed by atoms with Crippen molar-refractivity contribution in [1.82, 2.24) is 9.99 Å². The Hall–Kier alpha value is -2.58. The highest BCUT2D eigenvalue weighted by molar-refractivity contribution is 9.11. The summed E-state index contributed by atoms with van der Waals surface area (Å²) in [6.07, 6.45) is 1.66. The molecule has 2 aromatic heterocycles. The molecular weight excluding hydrogens is 617 g/mol. The number of hydrogen-bond acceptors (Lipinski definition) is 3. The number of benzene rings is 3. The summed E-state index contributed by atoms with van der Waals surface area (Å²) in [4.78, 5) is 12.7. The van der Waals surface area contributed by atoms with Crippen LogP contribution in [0, 0.1) is 6.92 Å². The lowest BCUT2D eigenvalue weighted by Gasteiger charge is -2.10. The van der Waals surface area contributed by atoms with E-state index in [1.165, 1.54) is 0 Å². The van der Waals surface area contributed by atoms with Gasteiger partial charge in [0.2, 0.25) is 0 Å². The molecule has 0 aliphatic rings. The first kappa shape index (κ1) is 24.1. The Labute approximate surface area is 228 Å². The molecule has 3 aromatic carbocycles. The van der Waals surface area contributed by atoms with Gasteiger partial charge in [0.15, 0.2) is 5.76 Å². The van der Waals surface area contributed by atoms with E-state index in [9.17, 15) is 4.79 Å². The van der Waals surface area contributed by atoms with E-state index in [0.29, 0.717) is 22.2 Å². The number of rotatable bonds is 5. The Bertz CT molecular complexity index is 1640. The van der Waals surface area contributed by atoms with Crippen molar-refractivity contribution in [3.05, 3.63) is 102 Å². The monoisotopic (exact) mass is 631 g/mol. The van der Waals surface area contributed by atoms with Gasteiger partial charge >= 0.3 is 5.91 Å². The van der Waals surface area contributed by atoms with Gasteiger partial charge in [-0.2, -0.15) is 5.10 Å². The number of furan rings is 1. The Morgan fingerprint density at radius 3 is 2.71 bits per heavy atom. The summed E-state index contributed by atoms with van der Waals surface area (Å²) in [6.45, 7) is 2.59. The van der Waals surface area contributed by atoms with Crippen molar-refractivity contribution >= 4 is 89.1 Å². The highest BCUT2D eigenvalue weighted by atomic mass is 79.9. The lowest BCUT2D eigenvalue weighted by molar-refractivity contribution is 0.0929. The molecule has 1 amide bonds. The van der Waals surface area contributed by atoms with Crippen LogP contribution in [-0.4, -0.2) is 16.7 Å². The smallest absolute Gasteiger partial charge is 0.307 e. The van der Waals surface area contributed by atoms with Gasteiger partial charge < -0.3 is 8.98 Å². The number of hydrogen-bond donors (Lipinski definition) is 1. The van der Waals surface area contributed by atoms with Crippen LogP contribution in [0.25, 0.3) is 21.9 Å². The second-order valence-corrected chi connectivity index (χ2v) is 10.6. The number of nitrogens with zero attached hydrogens (tertiary/aromatic N) is 2. The number of amides is 1. The molecule has 5 nitrogen and oxygen atoms in total. The fourth-order valence-electron chi connectivity index (χ4n) is 4.04. The molecule has 0 aliphatic carbocycles. The molecule has 0 bridgehead atoms. The molecule has 0 saturated carbocycles. The average Bonchev–Trinajstić information content (AvgIpc) is 3.36. The van der Waals surface area contributed by atoms with Crippen LogP contribution in [0.4, 0.5) is 0 Å². The molecule has 0 radical (unpaired) electrons. The summed E-state index contributed by atoms with van der Waals surface area (Å²) in [6, 6.07) is 19.0. The van der Waals surface area contributed by atoms with E-state index in [2.05, 4.69) is 47.0 Å². The zero-order valence-electron chi connectivity index (χ0n) is 18.3. The van der Waals surface area contributed by atoms with Gasteiger partial charge in [-0.1, -0.05) is 63.4 Å². The number of carbonyl (C=O) groups excluding carboxylic acids is 1. The normalized spacial score (nSPS) is 11.7. The van der Waals surface area contributed by atoms with Gasteiger partial charge in [-0.25, -0.2) is 5.43 Å². The SMILES string of the molecule is Cc1c(/C=N\NC(=O)c2cc3cc(Br)cc(Br)c3o2)c2ccccc2n1Cc1ccc(Cl)cc1Cl. The van der Waals surface area contributed by atoms with Crippen LogP contribution < -0.4 is 5.43 Å². The predicted molar refractivity (Wildman–Crippen MR) is 149 cm³/mol. The Kier molecular flexibility index (Phi) is 6.77. The maximum atomic E-state index is 12.7. The molecule has 176 valence electrons. The molecule has 9 heteroatoms. The molecular formula is C26H17Br2Cl2N3O2. The molecule has 35 heavy (non-hydrogen) atoms. The van der Waals surface area contributed by atoms with Crippen LogP contribution in [0.15, 0.2) is 79.1 Å². The van der Waals surface area contributed by atoms with E-state index in [0.717, 1.165) is 42.1 Å². The third-order valence-electron chi connectivity index (χ3n) is 5.74. The summed E-state index contributed by atoms with van der Waals surface area (Å²) >= 11 is 19.4. The molecule has 0 aliphatic heterocycles. The maximum absolute atomic E-state index is 12.7. The van der Waals surface area contributed by atoms with Crippen molar-refractivity contribution in [2.24, 2.45) is 5.10 Å². The Morgan fingerprint density at radius 1 is 1.11 bits per heavy atom. The van der Waals surface area contributed by atoms with Crippen LogP contribution in [0.5, 0.6) is 0 Å². The van der Waals surface area contributed by atoms with Crippen molar-refractivity contribution in [2.75, 3.05) is 0 Å². The molecule has 0 spiro atoms. The highest BCUT2D eigenvalue weighted by Crippen LogP contribution is 2.31. The summed E-state index contributed by atoms with van der Waals surface area (Å²) in [5.74, 6) is -0.262. The first-order chi connectivity index (χ1) is 16.8. The Morgan fingerprint density at radius 2 is 1.91 bits per heavy atom. The van der Waals surface area contributed by atoms with E-state index in [1.807, 2.05) is 55.5 Å². The number of carbonyl (C=O) groups is 1. The first-order valence-corrected chi connectivity index (χ1v) is 12.9. The van der Waals surface area contributed by atoms with Crippen molar-refractivity contribution in [3.63, 3.8) is 0 Å². The second-order valence-electron chi connectivity index (χ2n) is 7.95. The van der Waals surface area contributed by atoms with Crippen LogP contribution in [0.2, 0.25) is 10.0 Å². The van der Waals surface area contributed by atoms with Gasteiger partial charge in [0.25, 0.3) is 0 Å². The molecule has 5 aromatic rings. The van der Waals surface area contributed by atoms with E-state index in [-0.39, 0.29) is 5.76 Å². The van der Waals surface area contributed by atoms with E-state index in [4.69, 9.17) is 27.6 Å². The summed E-state index contributed by atoms with van der Waals surface area (Å²) in [5.41, 5.74) is 7.07. The molecule has 5 rings (SSSR count). The zero-order valence-corrected chi connectivity index (χ0v) is 23.0. The van der Waals surface area contributed by atoms with Crippen molar-refractivity contribution in [2.45, 2.75) is 13.5 Å². The molecule has 2 heterocycles. The second kappa shape index (κ2) is 9.82. The summed E-state index contributed by atoms with van der Waals surface area (Å²) in [7, 11) is 0. The fourth-order valence-corrected chi connectivity index (χ4v) is 5.85. The van der Waals surface area contributed by atoms with Gasteiger partial charge in [-0.3, -0.25) is 4.79 Å². The largest absolute Gasteiger partial charge is 0.450 e. The first-order valence-electron chi connectivity index (χ1n) is 10.6. The number of hydrazone groups is 1. The van der Waals surface area contributed by atoms with Crippen LogP contribution in [0.1, 0.15) is 27.4 Å². The molecule has 0 saturated heterocycles. The quantitative estimate of drug-likeness (QED) is 0.156. The molecule has 0 atom stereocenters. The van der Waals surface area contributed by atoms with E-state index >= 15 is 0 Å². The van der Waals surface area contributed by atoms with Gasteiger partial charge in [-0.05, 0) is 64.8 Å². The van der Waals surface area contributed by atoms with Crippen molar-refractivity contribution in [1.29, 1.82) is 0 Å². The number of fused-ring (bicyclic) bond motifs is 2. The standard InChI is InChI=1S/C26H17Br2Cl2N3O2/c1-14-20(12-31-32-26(34)24-9-16-8-17(27)10-21(28)25(16)35-24)19-4-2-3-5-23(19)33(14)13-15-6-7-18(29)11-22(15)30/h2-12H,13H2,1H3,(H,32,34)/b31-12-. The van der Waals surface area contributed by atoms with Crippen molar-refractivity contribution < 1.29 is 9.21 Å². The Balaban J connectivity index is 1.43. The van der Waals surface area contributed by atoms with Gasteiger partial charge in [0.05, 0.1) is 10.7 Å². The zero-order chi connectivity index (χ0) is 24.7. The summed E-state index contributed by atoms with van der Waals surface area (Å²) < 4.78 is 9.53. The fraction of sp³-hybridized carbons (Fsp3) is 0.0769. The van der Waals surface area contributed by atoms with Crippen molar-refractivity contribution in [3.8, 4) is 0 Å². The van der Waals surface area contributed by atoms with Gasteiger partial charge in [-0.15, -0.1) is 0 Å². The number of aromatic nitrogens is 1. The maximum Gasteiger partial charge on any atom is 0.307 e. The molecule has 0 fully saturated rings. The number of halogens is 4. The summed E-state index contributed by atoms with van der Waals surface area (Å²) in [5, 5.41) is 7.26. The van der Waals surface area contributed by atoms with Gasteiger partial charge in [0.1, 0.15) is 5.58 Å². The van der Waals surface area contributed by atoms with E-state index < -0.39 is 5.91 Å². The number of nitrogens with one attached hydrogen (secondary N) is 1. The minimum atomic E-state index is -0.435. The lowest BCUT2D eigenvalue weighted by atomic mass is 10.1. The number of para-hydroxylation sites is 1. The van der Waals surface area contributed by atoms with Crippen LogP contribution >= 0.6 is 55.1 Å². The third-order valence-corrected chi connectivity index (χ3v) is 7.38. The van der Waals surface area contributed by atoms with Crippen LogP contribution in [-0.2, 0) is 6.54 Å². The minimum absolute atomic E-state index is 0.174. The highest BCUT2D eigenvalue weighted by Gasteiger charge is 2.16. The van der Waals surface area contributed by atoms with Gasteiger partial charge in [0, 0.05) is 48.6 Å². The molecule has 1 N–H and O–H groups in total. The third kappa shape index (κ3) is 4.78. The topological polar surface area (TPSA) is 59.5 Å².